The van der Waals surface area contributed by atoms with Crippen LogP contribution < -0.4 is 5.32 Å². The number of amides is 2. The topological polar surface area (TPSA) is 76.4 Å². The molecule has 1 N–H and O–H groups in total. The maximum Gasteiger partial charge on any atom is 0.240 e. The number of rotatable bonds is 4. The van der Waals surface area contributed by atoms with Crippen molar-refractivity contribution in [1.82, 2.24) is 15.1 Å². The van der Waals surface area contributed by atoms with Gasteiger partial charge in [0.1, 0.15) is 6.54 Å². The van der Waals surface area contributed by atoms with Crippen molar-refractivity contribution in [3.8, 4) is 6.07 Å². The number of carbonyl (C=O) groups is 2. The number of nitrogens with one attached hydrogen (secondary N) is 1. The first kappa shape index (κ1) is 14.8. The van der Waals surface area contributed by atoms with Gasteiger partial charge in [-0.05, 0) is 26.2 Å². The van der Waals surface area contributed by atoms with Gasteiger partial charge >= 0.3 is 0 Å². The molecule has 0 bridgehead atoms. The summed E-state index contributed by atoms with van der Waals surface area (Å²) in [5, 5.41) is 12.1. The Balaban J connectivity index is 2.02. The van der Waals surface area contributed by atoms with E-state index >= 15 is 0 Å². The molecule has 6 heteroatoms. The summed E-state index contributed by atoms with van der Waals surface area (Å²) in [6, 6.07) is 1.93. The van der Waals surface area contributed by atoms with E-state index in [0.29, 0.717) is 6.42 Å². The molecule has 2 fully saturated rings. The second kappa shape index (κ2) is 5.80. The monoisotopic (exact) mass is 278 g/mol. The molecule has 0 aromatic carbocycles. The number of nitrogens with zero attached hydrogens (tertiary/aromatic N) is 3. The van der Waals surface area contributed by atoms with Crippen molar-refractivity contribution < 1.29 is 9.59 Å². The number of hydrogen-bond donors (Lipinski definition) is 1. The van der Waals surface area contributed by atoms with Crippen LogP contribution in [-0.4, -0.2) is 60.4 Å². The summed E-state index contributed by atoms with van der Waals surface area (Å²) >= 11 is 0. The van der Waals surface area contributed by atoms with Gasteiger partial charge < -0.3 is 15.1 Å². The summed E-state index contributed by atoms with van der Waals surface area (Å²) in [6.45, 7) is 2.08. The predicted molar refractivity (Wildman–Crippen MR) is 73.5 cm³/mol. The first-order chi connectivity index (χ1) is 9.45. The molecule has 0 aromatic rings. The minimum Gasteiger partial charge on any atom is -0.349 e. The van der Waals surface area contributed by atoms with E-state index in [1.165, 1.54) is 0 Å². The van der Waals surface area contributed by atoms with Crippen LogP contribution in [0.25, 0.3) is 0 Å². The Kier molecular flexibility index (Phi) is 4.29. The van der Waals surface area contributed by atoms with Crippen molar-refractivity contribution in [3.63, 3.8) is 0 Å². The molecule has 1 saturated carbocycles. The van der Waals surface area contributed by atoms with Gasteiger partial charge in [-0.1, -0.05) is 0 Å². The molecule has 0 spiro atoms. The summed E-state index contributed by atoms with van der Waals surface area (Å²) in [5.41, 5.74) is 0. The molecule has 2 rings (SSSR count). The standard InChI is InChI=1S/C14H22N4O2/c1-9-11(13(19)17(2)3)8-12(16-9)14(20)18(7-6-15)10-4-5-10/h9-12,16H,4-5,7-8H2,1-3H3/t9-,11-,12-/m0/s1. The van der Waals surface area contributed by atoms with Crippen molar-refractivity contribution in [2.75, 3.05) is 20.6 Å². The molecule has 1 saturated heterocycles. The fourth-order valence-electron chi connectivity index (χ4n) is 2.83. The lowest BCUT2D eigenvalue weighted by molar-refractivity contribution is -0.133. The lowest BCUT2D eigenvalue weighted by Gasteiger charge is -2.23. The summed E-state index contributed by atoms with van der Waals surface area (Å²) in [5.74, 6) is -0.143. The van der Waals surface area contributed by atoms with Crippen LogP contribution in [0.5, 0.6) is 0 Å². The van der Waals surface area contributed by atoms with Crippen LogP contribution in [-0.2, 0) is 9.59 Å². The first-order valence-corrected chi connectivity index (χ1v) is 7.10. The fraction of sp³-hybridized carbons (Fsp3) is 0.786. The fourth-order valence-corrected chi connectivity index (χ4v) is 2.83. The molecule has 3 atom stereocenters. The van der Waals surface area contributed by atoms with Crippen LogP contribution >= 0.6 is 0 Å². The molecule has 2 amide bonds. The van der Waals surface area contributed by atoms with Crippen LogP contribution in [0.3, 0.4) is 0 Å². The Bertz CT molecular complexity index is 439. The van der Waals surface area contributed by atoms with Gasteiger partial charge in [0.15, 0.2) is 0 Å². The molecule has 0 radical (unpaired) electrons. The van der Waals surface area contributed by atoms with E-state index in [9.17, 15) is 9.59 Å². The summed E-state index contributed by atoms with van der Waals surface area (Å²) in [4.78, 5) is 27.8. The van der Waals surface area contributed by atoms with Gasteiger partial charge in [-0.25, -0.2) is 0 Å². The highest BCUT2D eigenvalue weighted by Gasteiger charge is 2.43. The number of hydrogen-bond acceptors (Lipinski definition) is 4. The molecule has 1 aliphatic heterocycles. The largest absolute Gasteiger partial charge is 0.349 e. The van der Waals surface area contributed by atoms with Crippen LogP contribution in [0, 0.1) is 17.2 Å². The number of nitriles is 1. The highest BCUT2D eigenvalue weighted by atomic mass is 16.2. The Morgan fingerprint density at radius 2 is 1.95 bits per heavy atom. The minimum absolute atomic E-state index is 0.0120. The zero-order valence-corrected chi connectivity index (χ0v) is 12.3. The second-order valence-corrected chi connectivity index (χ2v) is 5.94. The third kappa shape index (κ3) is 2.93. The van der Waals surface area contributed by atoms with Gasteiger partial charge in [0.2, 0.25) is 11.8 Å². The van der Waals surface area contributed by atoms with Gasteiger partial charge in [0, 0.05) is 26.2 Å². The average molecular weight is 278 g/mol. The van der Waals surface area contributed by atoms with Crippen molar-refractivity contribution in [2.45, 2.75) is 44.3 Å². The average Bonchev–Trinajstić information content (AvgIpc) is 3.17. The molecule has 6 nitrogen and oxygen atoms in total. The predicted octanol–water partition coefficient (Wildman–Crippen LogP) is -0.0442. The Labute approximate surface area is 119 Å². The smallest absolute Gasteiger partial charge is 0.240 e. The van der Waals surface area contributed by atoms with Crippen LogP contribution in [0.15, 0.2) is 0 Å². The van der Waals surface area contributed by atoms with Gasteiger partial charge in [-0.2, -0.15) is 5.26 Å². The van der Waals surface area contributed by atoms with Crippen molar-refractivity contribution in [3.05, 3.63) is 0 Å². The quantitative estimate of drug-likeness (QED) is 0.732. The van der Waals surface area contributed by atoms with E-state index < -0.39 is 0 Å². The lowest BCUT2D eigenvalue weighted by atomic mass is 9.98. The van der Waals surface area contributed by atoms with Crippen LogP contribution in [0.2, 0.25) is 0 Å². The molecule has 2 aliphatic rings. The highest BCUT2D eigenvalue weighted by molar-refractivity contribution is 5.86. The summed E-state index contributed by atoms with van der Waals surface area (Å²) in [7, 11) is 3.47. The molecule has 0 unspecified atom stereocenters. The van der Waals surface area contributed by atoms with Gasteiger partial charge in [0.05, 0.1) is 18.0 Å². The van der Waals surface area contributed by atoms with Crippen LogP contribution in [0.1, 0.15) is 26.2 Å². The summed E-state index contributed by atoms with van der Waals surface area (Å²) < 4.78 is 0. The highest BCUT2D eigenvalue weighted by Crippen LogP contribution is 2.30. The maximum absolute atomic E-state index is 12.5. The lowest BCUT2D eigenvalue weighted by Crippen LogP contribution is -2.46. The molecule has 20 heavy (non-hydrogen) atoms. The molecular formula is C14H22N4O2. The zero-order chi connectivity index (χ0) is 14.9. The molecular weight excluding hydrogens is 256 g/mol. The normalized spacial score (nSPS) is 28.8. The third-order valence-electron chi connectivity index (χ3n) is 4.13. The van der Waals surface area contributed by atoms with E-state index in [4.69, 9.17) is 5.26 Å². The van der Waals surface area contributed by atoms with E-state index in [1.54, 1.807) is 23.9 Å². The van der Waals surface area contributed by atoms with Gasteiger partial charge in [0.25, 0.3) is 0 Å². The van der Waals surface area contributed by atoms with Crippen molar-refractivity contribution >= 4 is 11.8 Å². The summed E-state index contributed by atoms with van der Waals surface area (Å²) in [6.07, 6.45) is 2.48. The minimum atomic E-state index is -0.340. The molecule has 110 valence electrons. The second-order valence-electron chi connectivity index (χ2n) is 5.94. The first-order valence-electron chi connectivity index (χ1n) is 7.10. The maximum atomic E-state index is 12.5. The Morgan fingerprint density at radius 1 is 1.30 bits per heavy atom. The Morgan fingerprint density at radius 3 is 2.45 bits per heavy atom. The van der Waals surface area contributed by atoms with Crippen molar-refractivity contribution in [2.24, 2.45) is 5.92 Å². The van der Waals surface area contributed by atoms with E-state index in [0.717, 1.165) is 12.8 Å². The molecule has 0 aromatic heterocycles. The van der Waals surface area contributed by atoms with E-state index in [-0.39, 0.29) is 42.4 Å². The Hall–Kier alpha value is -1.61. The van der Waals surface area contributed by atoms with Crippen molar-refractivity contribution in [1.29, 1.82) is 5.26 Å². The third-order valence-corrected chi connectivity index (χ3v) is 4.13. The van der Waals surface area contributed by atoms with Gasteiger partial charge in [-0.3, -0.25) is 9.59 Å². The van der Waals surface area contributed by atoms with E-state index in [2.05, 4.69) is 11.4 Å². The zero-order valence-electron chi connectivity index (χ0n) is 12.3. The molecule has 1 heterocycles. The molecule has 1 aliphatic carbocycles. The SMILES string of the molecule is C[C@@H]1N[C@H](C(=O)N(CC#N)C2CC2)C[C@@H]1C(=O)N(C)C. The number of carbonyl (C=O) groups excluding carboxylic acids is 2. The van der Waals surface area contributed by atoms with Gasteiger partial charge in [-0.15, -0.1) is 0 Å². The van der Waals surface area contributed by atoms with Crippen LogP contribution in [0.4, 0.5) is 0 Å². The van der Waals surface area contributed by atoms with E-state index in [1.807, 2.05) is 6.92 Å².